The van der Waals surface area contributed by atoms with Crippen molar-refractivity contribution < 1.29 is 9.59 Å². The lowest BCUT2D eigenvalue weighted by Crippen LogP contribution is -2.14. The van der Waals surface area contributed by atoms with E-state index in [9.17, 15) is 9.59 Å². The summed E-state index contributed by atoms with van der Waals surface area (Å²) in [6.45, 7) is 0. The Hall–Kier alpha value is -2.40. The van der Waals surface area contributed by atoms with Gasteiger partial charge in [-0.15, -0.1) is 0 Å². The second-order valence-corrected chi connectivity index (χ2v) is 6.54. The zero-order chi connectivity index (χ0) is 16.9. The van der Waals surface area contributed by atoms with E-state index >= 15 is 0 Å². The second kappa shape index (κ2) is 7.45. The molecule has 2 N–H and O–H groups in total. The van der Waals surface area contributed by atoms with E-state index in [0.717, 1.165) is 22.9 Å². The molecule has 1 fully saturated rings. The molecule has 24 heavy (non-hydrogen) atoms. The average molecular weight is 385 g/mol. The number of halogens is 1. The lowest BCUT2D eigenvalue weighted by molar-refractivity contribution is -0.117. The van der Waals surface area contributed by atoms with Gasteiger partial charge in [-0.05, 0) is 48.7 Å². The molecule has 4 nitrogen and oxygen atoms in total. The molecule has 0 spiro atoms. The topological polar surface area (TPSA) is 58.2 Å². The van der Waals surface area contributed by atoms with Crippen LogP contribution >= 0.6 is 15.9 Å². The van der Waals surface area contributed by atoms with Crippen molar-refractivity contribution in [2.24, 2.45) is 5.92 Å². The summed E-state index contributed by atoms with van der Waals surface area (Å²) in [6, 6.07) is 14.8. The number of carbonyl (C=O) groups is 2. The van der Waals surface area contributed by atoms with Crippen LogP contribution in [0.2, 0.25) is 0 Å². The van der Waals surface area contributed by atoms with E-state index in [1.165, 1.54) is 6.08 Å². The smallest absolute Gasteiger partial charge is 0.248 e. The zero-order valence-corrected chi connectivity index (χ0v) is 14.5. The molecular formula is C19H17BrN2O2. The van der Waals surface area contributed by atoms with Crippen LogP contribution in [0.5, 0.6) is 0 Å². The Labute approximate surface area is 149 Å². The number of carbonyl (C=O) groups excluding carboxylic acids is 2. The molecule has 0 radical (unpaired) electrons. The number of amides is 2. The lowest BCUT2D eigenvalue weighted by Gasteiger charge is -2.07. The quantitative estimate of drug-likeness (QED) is 0.748. The number of hydrogen-bond donors (Lipinski definition) is 2. The van der Waals surface area contributed by atoms with Crippen molar-refractivity contribution in [3.63, 3.8) is 0 Å². The van der Waals surface area contributed by atoms with Gasteiger partial charge in [0, 0.05) is 27.8 Å². The van der Waals surface area contributed by atoms with Gasteiger partial charge in [0.2, 0.25) is 11.8 Å². The van der Waals surface area contributed by atoms with Crippen LogP contribution in [0.3, 0.4) is 0 Å². The second-order valence-electron chi connectivity index (χ2n) is 5.69. The van der Waals surface area contributed by atoms with Gasteiger partial charge >= 0.3 is 0 Å². The Morgan fingerprint density at radius 2 is 1.71 bits per heavy atom. The van der Waals surface area contributed by atoms with Gasteiger partial charge in [-0.25, -0.2) is 0 Å². The van der Waals surface area contributed by atoms with Gasteiger partial charge in [0.15, 0.2) is 0 Å². The van der Waals surface area contributed by atoms with Gasteiger partial charge < -0.3 is 10.6 Å². The number of nitrogens with one attached hydrogen (secondary N) is 2. The van der Waals surface area contributed by atoms with Gasteiger partial charge in [0.25, 0.3) is 0 Å². The average Bonchev–Trinajstić information content (AvgIpc) is 3.39. The van der Waals surface area contributed by atoms with Crippen LogP contribution in [0.15, 0.2) is 59.1 Å². The molecule has 0 heterocycles. The molecule has 2 aromatic carbocycles. The van der Waals surface area contributed by atoms with Crippen LogP contribution < -0.4 is 10.6 Å². The highest BCUT2D eigenvalue weighted by Gasteiger charge is 2.29. The Kier molecular flexibility index (Phi) is 5.11. The summed E-state index contributed by atoms with van der Waals surface area (Å²) in [5.74, 6) is -0.0285. The molecule has 0 saturated heterocycles. The fraction of sp³-hybridized carbons (Fsp3) is 0.158. The summed E-state index contributed by atoms with van der Waals surface area (Å²) < 4.78 is 0.929. The molecule has 122 valence electrons. The first-order chi connectivity index (χ1) is 11.6. The van der Waals surface area contributed by atoms with Crippen molar-refractivity contribution in [3.05, 3.63) is 64.6 Å². The molecule has 1 aliphatic carbocycles. The number of rotatable bonds is 5. The molecule has 1 saturated carbocycles. The van der Waals surface area contributed by atoms with Crippen molar-refractivity contribution in [2.45, 2.75) is 12.8 Å². The Morgan fingerprint density at radius 1 is 1.00 bits per heavy atom. The number of benzene rings is 2. The molecule has 2 amide bonds. The monoisotopic (exact) mass is 384 g/mol. The minimum absolute atomic E-state index is 0.0484. The van der Waals surface area contributed by atoms with Crippen LogP contribution in [0.4, 0.5) is 11.4 Å². The zero-order valence-electron chi connectivity index (χ0n) is 13.0. The largest absolute Gasteiger partial charge is 0.326 e. The van der Waals surface area contributed by atoms with Crippen LogP contribution in [-0.4, -0.2) is 11.8 Å². The normalized spacial score (nSPS) is 13.7. The maximum absolute atomic E-state index is 12.0. The predicted octanol–water partition coefficient (Wildman–Crippen LogP) is 4.45. The van der Waals surface area contributed by atoms with Crippen molar-refractivity contribution in [1.29, 1.82) is 0 Å². The van der Waals surface area contributed by atoms with E-state index in [1.54, 1.807) is 24.3 Å². The van der Waals surface area contributed by atoms with E-state index in [4.69, 9.17) is 0 Å². The van der Waals surface area contributed by atoms with E-state index in [-0.39, 0.29) is 17.7 Å². The fourth-order valence-corrected chi connectivity index (χ4v) is 2.64. The lowest BCUT2D eigenvalue weighted by atomic mass is 10.2. The third-order valence-corrected chi connectivity index (χ3v) is 4.39. The van der Waals surface area contributed by atoms with Crippen LogP contribution in [0.1, 0.15) is 18.4 Å². The highest BCUT2D eigenvalue weighted by atomic mass is 79.9. The molecule has 0 aliphatic heterocycles. The number of anilines is 2. The highest BCUT2D eigenvalue weighted by Crippen LogP contribution is 2.30. The van der Waals surface area contributed by atoms with E-state index in [2.05, 4.69) is 26.6 Å². The van der Waals surface area contributed by atoms with Gasteiger partial charge in [0.05, 0.1) is 0 Å². The minimum Gasteiger partial charge on any atom is -0.326 e. The first kappa shape index (κ1) is 16.5. The Bertz CT molecular complexity index is 797. The van der Waals surface area contributed by atoms with Crippen molar-refractivity contribution in [1.82, 2.24) is 0 Å². The Morgan fingerprint density at radius 3 is 2.42 bits per heavy atom. The van der Waals surface area contributed by atoms with Gasteiger partial charge in [0.1, 0.15) is 0 Å². The SMILES string of the molecule is O=C(/C=C/c1ccccc1Br)Nc1cccc(NC(=O)C2CC2)c1. The fourth-order valence-electron chi connectivity index (χ4n) is 2.22. The summed E-state index contributed by atoms with van der Waals surface area (Å²) >= 11 is 3.44. The molecule has 5 heteroatoms. The third-order valence-electron chi connectivity index (χ3n) is 3.67. The summed E-state index contributed by atoms with van der Waals surface area (Å²) in [6.07, 6.45) is 5.15. The van der Waals surface area contributed by atoms with Crippen molar-refractivity contribution in [3.8, 4) is 0 Å². The molecule has 0 bridgehead atoms. The van der Waals surface area contributed by atoms with Gasteiger partial charge in [-0.2, -0.15) is 0 Å². The summed E-state index contributed by atoms with van der Waals surface area (Å²) in [5.41, 5.74) is 2.27. The summed E-state index contributed by atoms with van der Waals surface area (Å²) in [5, 5.41) is 5.67. The molecular weight excluding hydrogens is 368 g/mol. The van der Waals surface area contributed by atoms with E-state index < -0.39 is 0 Å². The molecule has 0 unspecified atom stereocenters. The number of hydrogen-bond acceptors (Lipinski definition) is 2. The van der Waals surface area contributed by atoms with Crippen molar-refractivity contribution >= 4 is 45.2 Å². The third kappa shape index (κ3) is 4.55. The summed E-state index contributed by atoms with van der Waals surface area (Å²) in [7, 11) is 0. The molecule has 1 aliphatic rings. The van der Waals surface area contributed by atoms with Gasteiger partial charge in [-0.1, -0.05) is 40.2 Å². The minimum atomic E-state index is -0.226. The molecule has 3 rings (SSSR count). The summed E-state index contributed by atoms with van der Waals surface area (Å²) in [4.78, 5) is 23.8. The van der Waals surface area contributed by atoms with Gasteiger partial charge in [-0.3, -0.25) is 9.59 Å². The standard InChI is InChI=1S/C19H17BrN2O2/c20-17-7-2-1-4-13(17)10-11-18(23)21-15-5-3-6-16(12-15)22-19(24)14-8-9-14/h1-7,10-12,14H,8-9H2,(H,21,23)(H,22,24)/b11-10+. The maximum atomic E-state index is 12.0. The van der Waals surface area contributed by atoms with Crippen LogP contribution in [0.25, 0.3) is 6.08 Å². The first-order valence-corrected chi connectivity index (χ1v) is 8.55. The molecule has 2 aromatic rings. The molecule has 0 atom stereocenters. The highest BCUT2D eigenvalue weighted by molar-refractivity contribution is 9.10. The first-order valence-electron chi connectivity index (χ1n) is 7.76. The molecule has 0 aromatic heterocycles. The van der Waals surface area contributed by atoms with Crippen LogP contribution in [-0.2, 0) is 9.59 Å². The van der Waals surface area contributed by atoms with Crippen molar-refractivity contribution in [2.75, 3.05) is 10.6 Å². The van der Waals surface area contributed by atoms with E-state index in [1.807, 2.05) is 30.3 Å². The predicted molar refractivity (Wildman–Crippen MR) is 99.6 cm³/mol. The Balaban J connectivity index is 1.61. The maximum Gasteiger partial charge on any atom is 0.248 e. The van der Waals surface area contributed by atoms with E-state index in [0.29, 0.717) is 11.4 Å². The van der Waals surface area contributed by atoms with Crippen LogP contribution in [0, 0.1) is 5.92 Å².